The van der Waals surface area contributed by atoms with Crippen molar-refractivity contribution in [1.82, 2.24) is 5.01 Å². The summed E-state index contributed by atoms with van der Waals surface area (Å²) in [6.45, 7) is 0. The number of rotatable bonds is 6. The predicted octanol–water partition coefficient (Wildman–Crippen LogP) is 6.54. The molecule has 1 aliphatic heterocycles. The largest absolute Gasteiger partial charge is 0.478 e. The predicted molar refractivity (Wildman–Crippen MR) is 142 cm³/mol. The third-order valence-electron chi connectivity index (χ3n) is 5.36. The Morgan fingerprint density at radius 1 is 0.914 bits per heavy atom. The summed E-state index contributed by atoms with van der Waals surface area (Å²) in [6.07, 6.45) is 1.64. The van der Waals surface area contributed by atoms with Gasteiger partial charge in [-0.2, -0.15) is 0 Å². The Bertz CT molecular complexity index is 1480. The van der Waals surface area contributed by atoms with Crippen LogP contribution in [-0.4, -0.2) is 26.3 Å². The number of carboxylic acid groups (broad SMARTS) is 1. The van der Waals surface area contributed by atoms with Gasteiger partial charge in [0.2, 0.25) is 0 Å². The molecule has 1 aliphatic rings. The summed E-state index contributed by atoms with van der Waals surface area (Å²) in [6, 6.07) is 28.0. The summed E-state index contributed by atoms with van der Waals surface area (Å²) in [5.74, 6) is -0.301. The second-order valence-electron chi connectivity index (χ2n) is 7.59. The monoisotopic (exact) mass is 498 g/mol. The zero-order valence-electron chi connectivity index (χ0n) is 18.2. The lowest BCUT2D eigenvalue weighted by Crippen LogP contribution is -2.34. The molecule has 0 unspecified atom stereocenters. The molecule has 4 aromatic rings. The minimum Gasteiger partial charge on any atom is -0.478 e. The minimum absolute atomic E-state index is 0.0401. The lowest BCUT2D eigenvalue weighted by Gasteiger charge is -2.18. The molecule has 0 saturated carbocycles. The number of carbonyl (C=O) groups excluding carboxylic acids is 1. The molecule has 1 fully saturated rings. The average Bonchev–Trinajstić information content (AvgIpc) is 3.45. The maximum atomic E-state index is 13.0. The van der Waals surface area contributed by atoms with Crippen molar-refractivity contribution >= 4 is 51.9 Å². The minimum atomic E-state index is -1.10. The first-order valence-corrected chi connectivity index (χ1v) is 11.9. The smallest absolute Gasteiger partial charge is 0.337 e. The van der Waals surface area contributed by atoms with Gasteiger partial charge >= 0.3 is 5.97 Å². The van der Waals surface area contributed by atoms with Crippen LogP contribution in [0.5, 0.6) is 0 Å². The number of amides is 1. The number of anilines is 1. The summed E-state index contributed by atoms with van der Waals surface area (Å²) < 4.78 is 6.35. The number of hydrazine groups is 1. The lowest BCUT2D eigenvalue weighted by atomic mass is 9.98. The second-order valence-corrected chi connectivity index (χ2v) is 9.27. The first-order chi connectivity index (χ1) is 17.0. The van der Waals surface area contributed by atoms with E-state index in [-0.39, 0.29) is 21.5 Å². The fourth-order valence-electron chi connectivity index (χ4n) is 3.72. The lowest BCUT2D eigenvalue weighted by molar-refractivity contribution is -0.121. The molecule has 6 nitrogen and oxygen atoms in total. The Kier molecular flexibility index (Phi) is 6.22. The maximum absolute atomic E-state index is 13.0. The number of carbonyl (C=O) groups is 2. The molecular weight excluding hydrogens is 480 g/mol. The van der Waals surface area contributed by atoms with Gasteiger partial charge in [-0.1, -0.05) is 78.5 Å². The van der Waals surface area contributed by atoms with E-state index < -0.39 is 5.97 Å². The quantitative estimate of drug-likeness (QED) is 0.231. The van der Waals surface area contributed by atoms with Crippen LogP contribution in [0.1, 0.15) is 16.1 Å². The van der Waals surface area contributed by atoms with Gasteiger partial charge < -0.3 is 9.52 Å². The van der Waals surface area contributed by atoms with Crippen molar-refractivity contribution in [1.29, 1.82) is 0 Å². The summed E-state index contributed by atoms with van der Waals surface area (Å²) in [7, 11) is 0. The molecule has 1 saturated heterocycles. The first kappa shape index (κ1) is 22.6. The third kappa shape index (κ3) is 4.62. The van der Waals surface area contributed by atoms with E-state index in [9.17, 15) is 14.7 Å². The van der Waals surface area contributed by atoms with Gasteiger partial charge in [-0.3, -0.25) is 10.2 Å². The summed E-state index contributed by atoms with van der Waals surface area (Å²) >= 11 is 6.47. The van der Waals surface area contributed by atoms with Gasteiger partial charge in [-0.25, -0.2) is 9.80 Å². The highest BCUT2D eigenvalue weighted by atomic mass is 32.2. The molecule has 1 amide bonds. The van der Waals surface area contributed by atoms with Gasteiger partial charge in [0.1, 0.15) is 11.5 Å². The highest BCUT2D eigenvalue weighted by Crippen LogP contribution is 2.36. The zero-order valence-corrected chi connectivity index (χ0v) is 19.8. The average molecular weight is 499 g/mol. The van der Waals surface area contributed by atoms with Gasteiger partial charge in [0.15, 0.2) is 4.32 Å². The highest BCUT2D eigenvalue weighted by Gasteiger charge is 2.33. The number of thioether (sulfide) groups is 1. The van der Waals surface area contributed by atoms with Crippen LogP contribution in [0.25, 0.3) is 28.5 Å². The van der Waals surface area contributed by atoms with Crippen LogP contribution in [0, 0.1) is 0 Å². The van der Waals surface area contributed by atoms with Crippen LogP contribution >= 0.6 is 24.0 Å². The number of hydrogen-bond donors (Lipinski definition) is 2. The topological polar surface area (TPSA) is 82.8 Å². The number of hydrogen-bond acceptors (Lipinski definition) is 6. The van der Waals surface area contributed by atoms with Crippen molar-refractivity contribution in [2.24, 2.45) is 0 Å². The Morgan fingerprint density at radius 2 is 1.60 bits per heavy atom. The van der Waals surface area contributed by atoms with Gasteiger partial charge in [0, 0.05) is 11.6 Å². The molecule has 0 spiro atoms. The number of carboxylic acids is 1. The summed E-state index contributed by atoms with van der Waals surface area (Å²) in [5.41, 5.74) is 6.21. The van der Waals surface area contributed by atoms with Crippen molar-refractivity contribution < 1.29 is 19.1 Å². The SMILES string of the molecule is O=C(O)c1ccccc1NN1C(=O)C(=Cc2ccc(-c3ccccc3-c3ccccc3)o2)SC1=S. The molecule has 8 heteroatoms. The molecule has 35 heavy (non-hydrogen) atoms. The molecule has 172 valence electrons. The van der Waals surface area contributed by atoms with Crippen molar-refractivity contribution in [3.63, 3.8) is 0 Å². The fourth-order valence-corrected chi connectivity index (χ4v) is 4.88. The number of nitrogens with one attached hydrogen (secondary N) is 1. The van der Waals surface area contributed by atoms with Crippen LogP contribution in [0.3, 0.4) is 0 Å². The van der Waals surface area contributed by atoms with Crippen molar-refractivity contribution in [2.75, 3.05) is 5.43 Å². The van der Waals surface area contributed by atoms with Crippen molar-refractivity contribution in [3.05, 3.63) is 107 Å². The standard InChI is InChI=1S/C27H18N2O4S2/c30-25-24(35-27(34)29(25)28-22-13-7-6-12-21(22)26(31)32)16-18-14-15-23(33-18)20-11-5-4-10-19(20)17-8-2-1-3-9-17/h1-16,28H,(H,31,32). The van der Waals surface area contributed by atoms with E-state index in [4.69, 9.17) is 16.6 Å². The number of nitrogens with zero attached hydrogens (tertiary/aromatic N) is 1. The van der Waals surface area contributed by atoms with Crippen LogP contribution in [-0.2, 0) is 4.79 Å². The number of furan rings is 1. The second kappa shape index (κ2) is 9.61. The van der Waals surface area contributed by atoms with E-state index in [0.29, 0.717) is 16.4 Å². The Balaban J connectivity index is 1.40. The maximum Gasteiger partial charge on any atom is 0.337 e. The molecule has 2 heterocycles. The van der Waals surface area contributed by atoms with Crippen LogP contribution < -0.4 is 5.43 Å². The highest BCUT2D eigenvalue weighted by molar-refractivity contribution is 8.26. The number of aromatic carboxylic acids is 1. The van der Waals surface area contributed by atoms with Crippen LogP contribution in [0.15, 0.2) is 100 Å². The Hall–Kier alpha value is -4.14. The fraction of sp³-hybridized carbons (Fsp3) is 0. The van der Waals surface area contributed by atoms with Crippen molar-refractivity contribution in [2.45, 2.75) is 0 Å². The van der Waals surface area contributed by atoms with Gasteiger partial charge in [0.25, 0.3) is 5.91 Å². The zero-order chi connectivity index (χ0) is 24.4. The molecule has 0 atom stereocenters. The van der Waals surface area contributed by atoms with E-state index in [2.05, 4.69) is 5.43 Å². The van der Waals surface area contributed by atoms with E-state index in [1.165, 1.54) is 11.1 Å². The normalized spacial score (nSPS) is 14.5. The van der Waals surface area contributed by atoms with Gasteiger partial charge in [0.05, 0.1) is 16.2 Å². The molecular formula is C27H18N2O4S2. The Morgan fingerprint density at radius 3 is 2.37 bits per heavy atom. The number of benzene rings is 3. The first-order valence-electron chi connectivity index (χ1n) is 10.6. The Labute approximate surface area is 210 Å². The molecule has 5 rings (SSSR count). The summed E-state index contributed by atoms with van der Waals surface area (Å²) in [4.78, 5) is 24.9. The number of para-hydroxylation sites is 1. The molecule has 1 aromatic heterocycles. The van der Waals surface area contributed by atoms with Crippen LogP contribution in [0.2, 0.25) is 0 Å². The molecule has 0 bridgehead atoms. The van der Waals surface area contributed by atoms with E-state index in [1.807, 2.05) is 60.7 Å². The molecule has 0 aliphatic carbocycles. The molecule has 3 aromatic carbocycles. The molecule has 2 N–H and O–H groups in total. The van der Waals surface area contributed by atoms with E-state index in [0.717, 1.165) is 28.5 Å². The van der Waals surface area contributed by atoms with Crippen molar-refractivity contribution in [3.8, 4) is 22.5 Å². The van der Waals surface area contributed by atoms with Gasteiger partial charge in [-0.15, -0.1) is 0 Å². The number of thiocarbonyl (C=S) groups is 1. The molecule has 0 radical (unpaired) electrons. The van der Waals surface area contributed by atoms with Crippen LogP contribution in [0.4, 0.5) is 5.69 Å². The van der Waals surface area contributed by atoms with Gasteiger partial charge in [-0.05, 0) is 47.6 Å². The van der Waals surface area contributed by atoms with E-state index in [1.54, 1.807) is 30.3 Å². The third-order valence-corrected chi connectivity index (χ3v) is 6.66. The van der Waals surface area contributed by atoms with E-state index >= 15 is 0 Å². The summed E-state index contributed by atoms with van der Waals surface area (Å²) in [5, 5.41) is 10.6.